The number of nitrogens with zero attached hydrogens (tertiary/aromatic N) is 3. The van der Waals surface area contributed by atoms with E-state index in [4.69, 9.17) is 9.63 Å². The molecule has 1 aliphatic carbocycles. The van der Waals surface area contributed by atoms with Crippen molar-refractivity contribution in [3.8, 4) is 0 Å². The molecule has 1 unspecified atom stereocenters. The molecular formula is C13H21N3O2. The lowest BCUT2D eigenvalue weighted by Gasteiger charge is -2.33. The van der Waals surface area contributed by atoms with Gasteiger partial charge < -0.3 is 9.63 Å². The van der Waals surface area contributed by atoms with Crippen LogP contribution in [-0.4, -0.2) is 39.8 Å². The van der Waals surface area contributed by atoms with E-state index in [0.717, 1.165) is 37.6 Å². The van der Waals surface area contributed by atoms with Gasteiger partial charge in [-0.1, -0.05) is 5.16 Å². The zero-order valence-electron chi connectivity index (χ0n) is 10.9. The highest BCUT2D eigenvalue weighted by Gasteiger charge is 2.31. The molecule has 2 heterocycles. The maximum Gasteiger partial charge on any atom is 0.243 e. The quantitative estimate of drug-likeness (QED) is 0.882. The van der Waals surface area contributed by atoms with Gasteiger partial charge in [-0.3, -0.25) is 4.90 Å². The van der Waals surface area contributed by atoms with Crippen LogP contribution in [0.15, 0.2) is 4.52 Å². The van der Waals surface area contributed by atoms with Crippen LogP contribution in [0.2, 0.25) is 0 Å². The monoisotopic (exact) mass is 251 g/mol. The van der Waals surface area contributed by atoms with Crippen LogP contribution in [0.3, 0.4) is 0 Å². The molecule has 0 radical (unpaired) electrons. The van der Waals surface area contributed by atoms with Crippen molar-refractivity contribution in [1.29, 1.82) is 0 Å². The van der Waals surface area contributed by atoms with E-state index in [1.165, 1.54) is 12.8 Å². The largest absolute Gasteiger partial charge is 0.396 e. The standard InChI is InChI=1S/C13H21N3O2/c1-9(16-6-4-10(8-17)5-7-16)13-14-12(15-18-13)11-2-3-11/h9-11,17H,2-8H2,1H3. The fourth-order valence-electron chi connectivity index (χ4n) is 2.60. The number of rotatable bonds is 4. The van der Waals surface area contributed by atoms with Gasteiger partial charge >= 0.3 is 0 Å². The van der Waals surface area contributed by atoms with E-state index in [-0.39, 0.29) is 6.04 Å². The average Bonchev–Trinajstić information content (AvgIpc) is 3.16. The van der Waals surface area contributed by atoms with Gasteiger partial charge in [-0.2, -0.15) is 4.98 Å². The van der Waals surface area contributed by atoms with Crippen LogP contribution in [-0.2, 0) is 0 Å². The summed E-state index contributed by atoms with van der Waals surface area (Å²) in [5, 5.41) is 13.2. The summed E-state index contributed by atoms with van der Waals surface area (Å²) in [6.45, 7) is 4.46. The minimum Gasteiger partial charge on any atom is -0.396 e. The Hall–Kier alpha value is -0.940. The van der Waals surface area contributed by atoms with Crippen LogP contribution in [0, 0.1) is 5.92 Å². The van der Waals surface area contributed by atoms with Crippen LogP contribution in [0.4, 0.5) is 0 Å². The molecule has 1 aliphatic heterocycles. The zero-order chi connectivity index (χ0) is 12.5. The molecular weight excluding hydrogens is 230 g/mol. The summed E-state index contributed by atoms with van der Waals surface area (Å²) in [5.41, 5.74) is 0. The Morgan fingerprint density at radius 3 is 2.67 bits per heavy atom. The maximum atomic E-state index is 9.14. The van der Waals surface area contributed by atoms with Gasteiger partial charge in [0.1, 0.15) is 0 Å². The Morgan fingerprint density at radius 2 is 2.06 bits per heavy atom. The first-order chi connectivity index (χ1) is 8.78. The van der Waals surface area contributed by atoms with E-state index < -0.39 is 0 Å². The summed E-state index contributed by atoms with van der Waals surface area (Å²) in [4.78, 5) is 6.89. The number of likely N-dealkylation sites (tertiary alicyclic amines) is 1. The Labute approximate surface area is 107 Å². The van der Waals surface area contributed by atoms with Crippen LogP contribution < -0.4 is 0 Å². The smallest absolute Gasteiger partial charge is 0.243 e. The van der Waals surface area contributed by atoms with Crippen molar-refractivity contribution in [1.82, 2.24) is 15.0 Å². The third-order valence-electron chi connectivity index (χ3n) is 4.21. The molecule has 1 atom stereocenters. The third-order valence-corrected chi connectivity index (χ3v) is 4.21. The molecule has 0 bridgehead atoms. The van der Waals surface area contributed by atoms with Gasteiger partial charge in [0.2, 0.25) is 5.89 Å². The van der Waals surface area contributed by atoms with Gasteiger partial charge in [0, 0.05) is 12.5 Å². The fraction of sp³-hybridized carbons (Fsp3) is 0.846. The Morgan fingerprint density at radius 1 is 1.33 bits per heavy atom. The topological polar surface area (TPSA) is 62.4 Å². The van der Waals surface area contributed by atoms with E-state index in [1.54, 1.807) is 0 Å². The molecule has 2 aliphatic rings. The van der Waals surface area contributed by atoms with Crippen molar-refractivity contribution in [3.63, 3.8) is 0 Å². The van der Waals surface area contributed by atoms with Crippen molar-refractivity contribution >= 4 is 0 Å². The van der Waals surface area contributed by atoms with E-state index in [1.807, 2.05) is 0 Å². The van der Waals surface area contributed by atoms with Crippen molar-refractivity contribution in [3.05, 3.63) is 11.7 Å². The lowest BCUT2D eigenvalue weighted by Crippen LogP contribution is -2.36. The second kappa shape index (κ2) is 4.97. The van der Waals surface area contributed by atoms with E-state index in [2.05, 4.69) is 22.0 Å². The summed E-state index contributed by atoms with van der Waals surface area (Å²) in [6, 6.07) is 0.199. The van der Waals surface area contributed by atoms with Gasteiger partial charge in [0.25, 0.3) is 0 Å². The Kier molecular flexibility index (Phi) is 3.35. The molecule has 5 heteroatoms. The van der Waals surface area contributed by atoms with Gasteiger partial charge in [-0.15, -0.1) is 0 Å². The molecule has 1 aromatic heterocycles. The summed E-state index contributed by atoms with van der Waals surface area (Å²) in [6.07, 6.45) is 4.53. The molecule has 0 aromatic carbocycles. The molecule has 2 fully saturated rings. The van der Waals surface area contributed by atoms with Crippen molar-refractivity contribution in [2.75, 3.05) is 19.7 Å². The molecule has 1 saturated heterocycles. The van der Waals surface area contributed by atoms with Crippen molar-refractivity contribution in [2.24, 2.45) is 5.92 Å². The first-order valence-electron chi connectivity index (χ1n) is 6.96. The molecule has 5 nitrogen and oxygen atoms in total. The second-order valence-electron chi connectivity index (χ2n) is 5.60. The molecule has 18 heavy (non-hydrogen) atoms. The van der Waals surface area contributed by atoms with E-state index >= 15 is 0 Å². The van der Waals surface area contributed by atoms with Gasteiger partial charge in [0.15, 0.2) is 5.82 Å². The van der Waals surface area contributed by atoms with Gasteiger partial charge in [-0.25, -0.2) is 0 Å². The first kappa shape index (κ1) is 12.1. The molecule has 0 spiro atoms. The number of aliphatic hydroxyl groups is 1. The van der Waals surface area contributed by atoms with Crippen LogP contribution >= 0.6 is 0 Å². The fourth-order valence-corrected chi connectivity index (χ4v) is 2.60. The van der Waals surface area contributed by atoms with Gasteiger partial charge in [0.05, 0.1) is 6.04 Å². The predicted octanol–water partition coefficient (Wildman–Crippen LogP) is 1.71. The summed E-state index contributed by atoms with van der Waals surface area (Å²) in [5.74, 6) is 2.66. The summed E-state index contributed by atoms with van der Waals surface area (Å²) in [7, 11) is 0. The van der Waals surface area contributed by atoms with Crippen molar-refractivity contribution < 1.29 is 9.63 Å². The number of hydrogen-bond donors (Lipinski definition) is 1. The second-order valence-corrected chi connectivity index (χ2v) is 5.60. The number of aliphatic hydroxyl groups excluding tert-OH is 1. The first-order valence-corrected chi connectivity index (χ1v) is 6.96. The van der Waals surface area contributed by atoms with Gasteiger partial charge in [-0.05, 0) is 51.6 Å². The number of hydrogen-bond acceptors (Lipinski definition) is 5. The number of piperidine rings is 1. The SMILES string of the molecule is CC(c1nc(C2CC2)no1)N1CCC(CO)CC1. The summed E-state index contributed by atoms with van der Waals surface area (Å²) < 4.78 is 5.38. The Bertz CT molecular complexity index is 395. The lowest BCUT2D eigenvalue weighted by molar-refractivity contribution is 0.0929. The minimum absolute atomic E-state index is 0.199. The predicted molar refractivity (Wildman–Crippen MR) is 66.1 cm³/mol. The lowest BCUT2D eigenvalue weighted by atomic mass is 9.97. The van der Waals surface area contributed by atoms with E-state index in [9.17, 15) is 0 Å². The molecule has 3 rings (SSSR count). The Balaban J connectivity index is 1.61. The minimum atomic E-state index is 0.199. The highest BCUT2D eigenvalue weighted by atomic mass is 16.5. The molecule has 0 amide bonds. The molecule has 100 valence electrons. The van der Waals surface area contributed by atoms with Crippen molar-refractivity contribution in [2.45, 2.75) is 44.6 Å². The average molecular weight is 251 g/mol. The highest BCUT2D eigenvalue weighted by molar-refractivity contribution is 5.04. The van der Waals surface area contributed by atoms with Crippen LogP contribution in [0.1, 0.15) is 56.3 Å². The van der Waals surface area contributed by atoms with Crippen LogP contribution in [0.25, 0.3) is 0 Å². The van der Waals surface area contributed by atoms with E-state index in [0.29, 0.717) is 18.4 Å². The zero-order valence-corrected chi connectivity index (χ0v) is 10.9. The normalized spacial score (nSPS) is 24.3. The number of aromatic nitrogens is 2. The molecule has 1 N–H and O–H groups in total. The molecule has 1 saturated carbocycles. The highest BCUT2D eigenvalue weighted by Crippen LogP contribution is 2.38. The maximum absolute atomic E-state index is 9.14. The third kappa shape index (κ3) is 2.42. The van der Waals surface area contributed by atoms with Crippen LogP contribution in [0.5, 0.6) is 0 Å². The summed E-state index contributed by atoms with van der Waals surface area (Å²) >= 11 is 0. The molecule has 1 aromatic rings.